The lowest BCUT2D eigenvalue weighted by atomic mass is 10.1. The smallest absolute Gasteiger partial charge is 0.364 e. The van der Waals surface area contributed by atoms with E-state index in [9.17, 15) is 31.1 Å². The second-order valence-corrected chi connectivity index (χ2v) is 7.82. The fourth-order valence-corrected chi connectivity index (χ4v) is 2.94. The summed E-state index contributed by atoms with van der Waals surface area (Å²) in [5.74, 6) is 0.196. The number of hydrogen-bond acceptors (Lipinski definition) is 4. The van der Waals surface area contributed by atoms with Crippen LogP contribution in [0.2, 0.25) is 0 Å². The van der Waals surface area contributed by atoms with Crippen molar-refractivity contribution in [3.8, 4) is 0 Å². The number of halogens is 6. The molecule has 0 aliphatic carbocycles. The highest BCUT2D eigenvalue weighted by molar-refractivity contribution is 5.78. The molecule has 1 aromatic carbocycles. The van der Waals surface area contributed by atoms with Gasteiger partial charge in [-0.25, -0.2) is 9.78 Å². The van der Waals surface area contributed by atoms with Crippen LogP contribution in [0.4, 0.5) is 31.1 Å². The summed E-state index contributed by atoms with van der Waals surface area (Å²) in [6, 6.07) is 1.05. The van der Waals surface area contributed by atoms with Crippen molar-refractivity contribution in [3.63, 3.8) is 0 Å². The lowest BCUT2D eigenvalue weighted by Gasteiger charge is -2.28. The van der Waals surface area contributed by atoms with Gasteiger partial charge >= 0.3 is 18.4 Å². The molecule has 2 amide bonds. The van der Waals surface area contributed by atoms with Gasteiger partial charge in [-0.05, 0) is 31.5 Å². The molecule has 0 spiro atoms. The fourth-order valence-electron chi connectivity index (χ4n) is 2.94. The van der Waals surface area contributed by atoms with Crippen LogP contribution < -0.4 is 11.1 Å². The highest BCUT2D eigenvalue weighted by Gasteiger charge is 2.49. The Hall–Kier alpha value is -2.54. The third-order valence-electron chi connectivity index (χ3n) is 4.98. The minimum absolute atomic E-state index is 0.0579. The van der Waals surface area contributed by atoms with Crippen LogP contribution >= 0.6 is 0 Å². The third-order valence-corrected chi connectivity index (χ3v) is 4.98. The highest BCUT2D eigenvalue weighted by atomic mass is 19.4. The molecule has 13 heteroatoms. The highest BCUT2D eigenvalue weighted by Crippen LogP contribution is 2.33. The fraction of sp³-hybridized carbons (Fsp3) is 0.556. The number of benzene rings is 1. The number of carbonyl (C=O) groups is 1. The molecule has 1 aliphatic heterocycles. The number of carbonyl (C=O) groups excluding carboxylic acids is 1. The Balaban J connectivity index is 1.68. The van der Waals surface area contributed by atoms with Crippen LogP contribution in [0.1, 0.15) is 31.3 Å². The zero-order valence-corrected chi connectivity index (χ0v) is 16.6. The van der Waals surface area contributed by atoms with Crippen molar-refractivity contribution in [2.75, 3.05) is 13.2 Å². The Kier molecular flexibility index (Phi) is 5.86. The number of imidazole rings is 1. The summed E-state index contributed by atoms with van der Waals surface area (Å²) in [7, 11) is 0. The third kappa shape index (κ3) is 5.03. The predicted molar refractivity (Wildman–Crippen MR) is 97.9 cm³/mol. The van der Waals surface area contributed by atoms with Crippen molar-refractivity contribution in [2.45, 2.75) is 50.4 Å². The Morgan fingerprint density at radius 3 is 2.52 bits per heavy atom. The van der Waals surface area contributed by atoms with Gasteiger partial charge in [0, 0.05) is 6.54 Å². The van der Waals surface area contributed by atoms with Gasteiger partial charge in [-0.2, -0.15) is 26.3 Å². The van der Waals surface area contributed by atoms with E-state index in [1.165, 1.54) is 0 Å². The van der Waals surface area contributed by atoms with E-state index in [-0.39, 0.29) is 12.4 Å². The van der Waals surface area contributed by atoms with Gasteiger partial charge in [0.1, 0.15) is 11.9 Å². The topological polar surface area (TPSA) is 96.3 Å². The van der Waals surface area contributed by atoms with Crippen molar-refractivity contribution in [1.82, 2.24) is 20.2 Å². The number of alkyl halides is 6. The van der Waals surface area contributed by atoms with E-state index in [2.05, 4.69) is 9.97 Å². The number of hydrogen-bond donors (Lipinski definition) is 3. The molecule has 1 saturated heterocycles. The van der Waals surface area contributed by atoms with Crippen molar-refractivity contribution >= 4 is 17.1 Å². The number of aromatic amines is 1. The molecule has 172 valence electrons. The molecule has 7 nitrogen and oxygen atoms in total. The number of urea groups is 1. The number of aromatic nitrogens is 2. The SMILES string of the molecule is CC(C)(OC[C@H](N)c1nc2ccc(CN3C[C@@H](C(F)(F)F)NC3=O)cc2[nH]1)C(F)(F)F. The van der Waals surface area contributed by atoms with Crippen LogP contribution in [0.3, 0.4) is 0 Å². The number of H-pyrrole nitrogens is 1. The van der Waals surface area contributed by atoms with Gasteiger partial charge in [0.05, 0.1) is 30.2 Å². The number of amides is 2. The molecule has 0 saturated carbocycles. The van der Waals surface area contributed by atoms with E-state index >= 15 is 0 Å². The van der Waals surface area contributed by atoms with Gasteiger partial charge in [0.15, 0.2) is 5.60 Å². The maximum absolute atomic E-state index is 12.9. The summed E-state index contributed by atoms with van der Waals surface area (Å²) in [5, 5.41) is 1.89. The van der Waals surface area contributed by atoms with Crippen LogP contribution in [0, 0.1) is 0 Å². The first-order chi connectivity index (χ1) is 14.2. The van der Waals surface area contributed by atoms with Gasteiger partial charge in [0.2, 0.25) is 0 Å². The molecule has 4 N–H and O–H groups in total. The molecule has 1 aliphatic rings. The first-order valence-electron chi connectivity index (χ1n) is 9.24. The standard InChI is InChI=1S/C18H21F6N5O2/c1-16(2,18(22,23)24)31-8-10(25)14-26-11-4-3-9(5-12(11)27-14)6-29-7-13(17(19,20)21)28-15(29)30/h3-5,10,13H,6-8,25H2,1-2H3,(H,26,27)(H,28,30)/t10-,13-/m0/s1. The first-order valence-corrected chi connectivity index (χ1v) is 9.24. The first kappa shape index (κ1) is 23.1. The van der Waals surface area contributed by atoms with E-state index in [4.69, 9.17) is 10.5 Å². The van der Waals surface area contributed by atoms with Gasteiger partial charge in [-0.1, -0.05) is 6.07 Å². The molecular formula is C18H21F6N5O2. The van der Waals surface area contributed by atoms with Crippen LogP contribution in [0.25, 0.3) is 11.0 Å². The largest absolute Gasteiger partial charge is 0.416 e. The number of rotatable bonds is 6. The Bertz CT molecular complexity index is 955. The monoisotopic (exact) mass is 453 g/mol. The molecule has 2 heterocycles. The number of fused-ring (bicyclic) bond motifs is 1. The van der Waals surface area contributed by atoms with Crippen molar-refractivity contribution < 1.29 is 35.9 Å². The summed E-state index contributed by atoms with van der Waals surface area (Å²) < 4.78 is 82.0. The van der Waals surface area contributed by atoms with E-state index < -0.39 is 49.2 Å². The van der Waals surface area contributed by atoms with E-state index in [1.54, 1.807) is 18.2 Å². The van der Waals surface area contributed by atoms with Crippen LogP contribution in [-0.4, -0.2) is 58.0 Å². The predicted octanol–water partition coefficient (Wildman–Crippen LogP) is 3.38. The van der Waals surface area contributed by atoms with E-state index in [0.29, 0.717) is 16.6 Å². The van der Waals surface area contributed by atoms with Crippen LogP contribution in [0.15, 0.2) is 18.2 Å². The average molecular weight is 453 g/mol. The second-order valence-electron chi connectivity index (χ2n) is 7.82. The number of nitrogens with two attached hydrogens (primary N) is 1. The molecule has 0 radical (unpaired) electrons. The maximum atomic E-state index is 12.9. The summed E-state index contributed by atoms with van der Waals surface area (Å²) in [6.07, 6.45) is -9.10. The van der Waals surface area contributed by atoms with Gasteiger partial charge in [0.25, 0.3) is 0 Å². The molecule has 0 bridgehead atoms. The Labute approximate surface area is 172 Å². The van der Waals surface area contributed by atoms with Gasteiger partial charge in [-0.15, -0.1) is 0 Å². The number of nitrogens with zero attached hydrogens (tertiary/aromatic N) is 2. The quantitative estimate of drug-likeness (QED) is 0.585. The molecule has 2 atom stereocenters. The van der Waals surface area contributed by atoms with E-state index in [1.807, 2.05) is 5.32 Å². The summed E-state index contributed by atoms with van der Waals surface area (Å²) in [5.41, 5.74) is 5.00. The lowest BCUT2D eigenvalue weighted by Crippen LogP contribution is -2.43. The van der Waals surface area contributed by atoms with Crippen LogP contribution in [-0.2, 0) is 11.3 Å². The average Bonchev–Trinajstić information content (AvgIpc) is 3.22. The number of nitrogens with one attached hydrogen (secondary N) is 2. The molecule has 1 aromatic heterocycles. The minimum Gasteiger partial charge on any atom is -0.364 e. The summed E-state index contributed by atoms with van der Waals surface area (Å²) >= 11 is 0. The molecule has 2 aromatic rings. The Morgan fingerprint density at radius 1 is 1.26 bits per heavy atom. The number of ether oxygens (including phenoxy) is 1. The Morgan fingerprint density at radius 2 is 1.94 bits per heavy atom. The lowest BCUT2D eigenvalue weighted by molar-refractivity contribution is -0.264. The minimum atomic E-state index is -4.57. The molecule has 31 heavy (non-hydrogen) atoms. The van der Waals surface area contributed by atoms with Crippen molar-refractivity contribution in [1.29, 1.82) is 0 Å². The summed E-state index contributed by atoms with van der Waals surface area (Å²) in [6.45, 7) is 0.778. The molecule has 1 fully saturated rings. The summed E-state index contributed by atoms with van der Waals surface area (Å²) in [4.78, 5) is 19.9. The zero-order valence-electron chi connectivity index (χ0n) is 16.6. The maximum Gasteiger partial charge on any atom is 0.416 e. The molecule has 3 rings (SSSR count). The van der Waals surface area contributed by atoms with Crippen molar-refractivity contribution in [3.05, 3.63) is 29.6 Å². The van der Waals surface area contributed by atoms with Gasteiger partial charge < -0.3 is 25.7 Å². The van der Waals surface area contributed by atoms with Crippen LogP contribution in [0.5, 0.6) is 0 Å². The van der Waals surface area contributed by atoms with Crippen molar-refractivity contribution in [2.24, 2.45) is 5.73 Å². The normalized spacial score (nSPS) is 19.2. The zero-order chi connectivity index (χ0) is 23.2. The molecular weight excluding hydrogens is 432 g/mol. The second kappa shape index (κ2) is 7.86. The molecule has 0 unspecified atom stereocenters. The van der Waals surface area contributed by atoms with Gasteiger partial charge in [-0.3, -0.25) is 0 Å². The van der Waals surface area contributed by atoms with E-state index in [0.717, 1.165) is 18.7 Å².